The molecule has 2 heterocycles. The number of fused-ring (bicyclic) bond motifs is 1. The van der Waals surface area contributed by atoms with Crippen molar-refractivity contribution in [1.82, 2.24) is 4.90 Å². The summed E-state index contributed by atoms with van der Waals surface area (Å²) in [5, 5.41) is 0. The smallest absolute Gasteiger partial charge is 0.0622 e. The Labute approximate surface area is 55.8 Å². The molecule has 0 aliphatic carbocycles. The van der Waals surface area contributed by atoms with E-state index in [0.717, 1.165) is 19.3 Å². The molecule has 0 amide bonds. The van der Waals surface area contributed by atoms with Gasteiger partial charge in [0.15, 0.2) is 0 Å². The molecule has 1 unspecified atom stereocenters. The van der Waals surface area contributed by atoms with Gasteiger partial charge in [-0.05, 0) is 12.8 Å². The monoisotopic (exact) mass is 127 g/mol. The molecule has 0 aromatic rings. The minimum absolute atomic E-state index is 0.785. The zero-order chi connectivity index (χ0) is 6.10. The van der Waals surface area contributed by atoms with Crippen molar-refractivity contribution in [3.05, 3.63) is 0 Å². The van der Waals surface area contributed by atoms with Crippen LogP contribution in [0.5, 0.6) is 0 Å². The molecule has 0 radical (unpaired) electrons. The summed E-state index contributed by atoms with van der Waals surface area (Å²) in [6, 6.07) is 0.785. The standard InChI is InChI=1S/C7H13NO/c1-3-8-4-2-7(8)6-9-5-1/h7H,1-6H2. The maximum Gasteiger partial charge on any atom is 0.0622 e. The van der Waals surface area contributed by atoms with Crippen molar-refractivity contribution in [2.24, 2.45) is 0 Å². The van der Waals surface area contributed by atoms with E-state index in [4.69, 9.17) is 4.74 Å². The van der Waals surface area contributed by atoms with Gasteiger partial charge in [0.1, 0.15) is 0 Å². The number of rotatable bonds is 0. The Balaban J connectivity index is 1.90. The van der Waals surface area contributed by atoms with Crippen LogP contribution in [0.25, 0.3) is 0 Å². The number of hydrogen-bond acceptors (Lipinski definition) is 2. The fourth-order valence-corrected chi connectivity index (χ4v) is 1.57. The van der Waals surface area contributed by atoms with Crippen LogP contribution < -0.4 is 0 Å². The van der Waals surface area contributed by atoms with Gasteiger partial charge in [-0.25, -0.2) is 0 Å². The van der Waals surface area contributed by atoms with E-state index in [1.54, 1.807) is 0 Å². The molecule has 2 fully saturated rings. The van der Waals surface area contributed by atoms with Crippen LogP contribution in [0.4, 0.5) is 0 Å². The van der Waals surface area contributed by atoms with Crippen LogP contribution >= 0.6 is 0 Å². The van der Waals surface area contributed by atoms with Crippen LogP contribution in [-0.4, -0.2) is 37.2 Å². The summed E-state index contributed by atoms with van der Waals surface area (Å²) in [7, 11) is 0. The maximum absolute atomic E-state index is 5.39. The van der Waals surface area contributed by atoms with Gasteiger partial charge < -0.3 is 4.74 Å². The van der Waals surface area contributed by atoms with Crippen molar-refractivity contribution in [1.29, 1.82) is 0 Å². The average Bonchev–Trinajstić information content (AvgIpc) is 1.94. The van der Waals surface area contributed by atoms with Crippen molar-refractivity contribution in [2.75, 3.05) is 26.3 Å². The average molecular weight is 127 g/mol. The second kappa shape index (κ2) is 2.27. The zero-order valence-corrected chi connectivity index (χ0v) is 5.68. The molecule has 0 spiro atoms. The van der Waals surface area contributed by atoms with Gasteiger partial charge in [-0.1, -0.05) is 0 Å². The lowest BCUT2D eigenvalue weighted by molar-refractivity contribution is 0.0438. The third kappa shape index (κ3) is 0.970. The Morgan fingerprint density at radius 1 is 1.33 bits per heavy atom. The van der Waals surface area contributed by atoms with Gasteiger partial charge >= 0.3 is 0 Å². The van der Waals surface area contributed by atoms with Crippen molar-refractivity contribution in [3.8, 4) is 0 Å². The molecule has 9 heavy (non-hydrogen) atoms. The summed E-state index contributed by atoms with van der Waals surface area (Å²) in [5.41, 5.74) is 0. The lowest BCUT2D eigenvalue weighted by atomic mass is 10.1. The Morgan fingerprint density at radius 2 is 2.33 bits per heavy atom. The molecule has 0 N–H and O–H groups in total. The summed E-state index contributed by atoms with van der Waals surface area (Å²) in [6.07, 6.45) is 2.59. The molecule has 1 atom stereocenters. The van der Waals surface area contributed by atoms with Crippen molar-refractivity contribution in [3.63, 3.8) is 0 Å². The highest BCUT2D eigenvalue weighted by atomic mass is 16.5. The first-order valence-corrected chi connectivity index (χ1v) is 3.78. The molecule has 2 nitrogen and oxygen atoms in total. The molecule has 2 aliphatic rings. The van der Waals surface area contributed by atoms with Crippen LogP contribution in [0.15, 0.2) is 0 Å². The predicted octanol–water partition coefficient (Wildman–Crippen LogP) is 0.481. The highest BCUT2D eigenvalue weighted by Crippen LogP contribution is 2.19. The van der Waals surface area contributed by atoms with Crippen molar-refractivity contribution in [2.45, 2.75) is 18.9 Å². The molecule has 2 saturated heterocycles. The van der Waals surface area contributed by atoms with Gasteiger partial charge in [-0.15, -0.1) is 0 Å². The second-order valence-electron chi connectivity index (χ2n) is 2.91. The van der Waals surface area contributed by atoms with Crippen LogP contribution in [0.2, 0.25) is 0 Å². The van der Waals surface area contributed by atoms with Gasteiger partial charge in [0.05, 0.1) is 6.61 Å². The lowest BCUT2D eigenvalue weighted by Crippen LogP contribution is -2.48. The summed E-state index contributed by atoms with van der Waals surface area (Å²) in [5.74, 6) is 0. The molecule has 0 saturated carbocycles. The van der Waals surface area contributed by atoms with Gasteiger partial charge in [0.25, 0.3) is 0 Å². The first-order valence-electron chi connectivity index (χ1n) is 3.78. The molecule has 52 valence electrons. The largest absolute Gasteiger partial charge is 0.380 e. The van der Waals surface area contributed by atoms with E-state index in [2.05, 4.69) is 4.90 Å². The topological polar surface area (TPSA) is 12.5 Å². The third-order valence-corrected chi connectivity index (χ3v) is 2.31. The number of ether oxygens (including phenoxy) is 1. The summed E-state index contributed by atoms with van der Waals surface area (Å²) in [6.45, 7) is 4.55. The number of hydrogen-bond donors (Lipinski definition) is 0. The molecule has 0 aromatic carbocycles. The van der Waals surface area contributed by atoms with Crippen LogP contribution in [-0.2, 0) is 4.74 Å². The van der Waals surface area contributed by atoms with Crippen molar-refractivity contribution >= 4 is 0 Å². The predicted molar refractivity (Wildman–Crippen MR) is 35.4 cm³/mol. The van der Waals surface area contributed by atoms with Crippen LogP contribution in [0.3, 0.4) is 0 Å². The quantitative estimate of drug-likeness (QED) is 0.469. The molecular weight excluding hydrogens is 114 g/mol. The highest BCUT2D eigenvalue weighted by molar-refractivity contribution is 4.83. The number of nitrogens with zero attached hydrogens (tertiary/aromatic N) is 1. The third-order valence-electron chi connectivity index (χ3n) is 2.31. The minimum Gasteiger partial charge on any atom is -0.380 e. The van der Waals surface area contributed by atoms with E-state index in [-0.39, 0.29) is 0 Å². The van der Waals surface area contributed by atoms with Crippen LogP contribution in [0, 0.1) is 0 Å². The highest BCUT2D eigenvalue weighted by Gasteiger charge is 2.28. The SMILES string of the molecule is C1COCC2CCN2C1. The van der Waals surface area contributed by atoms with E-state index in [9.17, 15) is 0 Å². The molecule has 2 heteroatoms. The Bertz CT molecular complexity index is 93.1. The van der Waals surface area contributed by atoms with Gasteiger partial charge in [-0.3, -0.25) is 4.90 Å². The molecule has 0 aromatic heterocycles. The van der Waals surface area contributed by atoms with E-state index in [1.807, 2.05) is 0 Å². The fraction of sp³-hybridized carbons (Fsp3) is 1.00. The van der Waals surface area contributed by atoms with E-state index < -0.39 is 0 Å². The Kier molecular flexibility index (Phi) is 1.44. The second-order valence-corrected chi connectivity index (χ2v) is 2.91. The van der Waals surface area contributed by atoms with E-state index >= 15 is 0 Å². The lowest BCUT2D eigenvalue weighted by Gasteiger charge is -2.38. The maximum atomic E-state index is 5.39. The van der Waals surface area contributed by atoms with E-state index in [1.165, 1.54) is 25.9 Å². The minimum atomic E-state index is 0.785. The van der Waals surface area contributed by atoms with Gasteiger partial charge in [0.2, 0.25) is 0 Å². The molecule has 0 bridgehead atoms. The van der Waals surface area contributed by atoms with E-state index in [0.29, 0.717) is 0 Å². The van der Waals surface area contributed by atoms with Crippen LogP contribution in [0.1, 0.15) is 12.8 Å². The Hall–Kier alpha value is -0.0800. The fourth-order valence-electron chi connectivity index (χ4n) is 1.57. The van der Waals surface area contributed by atoms with Gasteiger partial charge in [0, 0.05) is 25.7 Å². The zero-order valence-electron chi connectivity index (χ0n) is 5.68. The first kappa shape index (κ1) is 5.69. The summed E-state index contributed by atoms with van der Waals surface area (Å²) in [4.78, 5) is 2.52. The van der Waals surface area contributed by atoms with Gasteiger partial charge in [-0.2, -0.15) is 0 Å². The summed E-state index contributed by atoms with van der Waals surface area (Å²) < 4.78 is 5.39. The van der Waals surface area contributed by atoms with Crippen molar-refractivity contribution < 1.29 is 4.74 Å². The molecular formula is C7H13NO. The molecule has 2 aliphatic heterocycles. The normalized spacial score (nSPS) is 36.7. The first-order chi connectivity index (χ1) is 4.47. The Morgan fingerprint density at radius 3 is 3.11 bits per heavy atom. The summed E-state index contributed by atoms with van der Waals surface area (Å²) >= 11 is 0. The molecule has 2 rings (SSSR count).